The van der Waals surface area contributed by atoms with Crippen LogP contribution in [0.15, 0.2) is 0 Å². The van der Waals surface area contributed by atoms with Gasteiger partial charge in [-0.2, -0.15) is 0 Å². The second kappa shape index (κ2) is 21.3. The lowest BCUT2D eigenvalue weighted by Gasteiger charge is -2.57. The quantitative estimate of drug-likeness (QED) is 0.122. The highest BCUT2D eigenvalue weighted by Gasteiger charge is 2.72. The number of carbonyl (C=O) groups is 4. The molecule has 8 aliphatic carbocycles. The molecule has 0 aromatic rings. The zero-order valence-corrected chi connectivity index (χ0v) is 40.4. The summed E-state index contributed by atoms with van der Waals surface area (Å²) >= 11 is 0. The molecule has 4 heteroatoms. The molecule has 0 aromatic heterocycles. The van der Waals surface area contributed by atoms with E-state index < -0.39 is 21.7 Å². The lowest BCUT2D eigenvalue weighted by Crippen LogP contribution is -2.68. The first-order valence-electron chi connectivity index (χ1n) is 27.8. The highest BCUT2D eigenvalue weighted by molar-refractivity contribution is 6.31. The second-order valence-electron chi connectivity index (χ2n) is 23.7. The van der Waals surface area contributed by atoms with Crippen LogP contribution in [-0.2, 0) is 19.2 Å². The first-order valence-corrected chi connectivity index (χ1v) is 27.8. The summed E-state index contributed by atoms with van der Waals surface area (Å²) in [6, 6.07) is 0. The number of hydrogen-bond acceptors (Lipinski definition) is 4. The predicted molar refractivity (Wildman–Crippen MR) is 251 cm³/mol. The van der Waals surface area contributed by atoms with Crippen LogP contribution in [0.5, 0.6) is 0 Å². The van der Waals surface area contributed by atoms with Gasteiger partial charge in [0, 0.05) is 0 Å². The zero-order valence-electron chi connectivity index (χ0n) is 40.4. The van der Waals surface area contributed by atoms with E-state index >= 15 is 0 Å². The van der Waals surface area contributed by atoms with E-state index in [2.05, 4.69) is 27.7 Å². The van der Waals surface area contributed by atoms with E-state index in [1.54, 1.807) is 0 Å². The van der Waals surface area contributed by atoms with Crippen molar-refractivity contribution in [3.05, 3.63) is 0 Å². The number of unbranched alkanes of at least 4 members (excludes halogenated alkanes) is 6. The van der Waals surface area contributed by atoms with Crippen LogP contribution >= 0.6 is 0 Å². The van der Waals surface area contributed by atoms with Crippen molar-refractivity contribution in [3.8, 4) is 0 Å². The second-order valence-corrected chi connectivity index (χ2v) is 23.7. The van der Waals surface area contributed by atoms with Crippen molar-refractivity contribution in [2.45, 2.75) is 265 Å². The van der Waals surface area contributed by atoms with Gasteiger partial charge in [0.05, 0.1) is 21.7 Å². The number of hydrogen-bond donors (Lipinski definition) is 0. The van der Waals surface area contributed by atoms with Gasteiger partial charge in [0.2, 0.25) is 0 Å². The molecule has 346 valence electrons. The van der Waals surface area contributed by atoms with E-state index in [1.807, 2.05) is 0 Å². The Hall–Kier alpha value is -1.32. The molecule has 0 unspecified atom stereocenters. The van der Waals surface area contributed by atoms with Crippen molar-refractivity contribution in [1.29, 1.82) is 0 Å². The van der Waals surface area contributed by atoms with Crippen LogP contribution in [0.4, 0.5) is 0 Å². The summed E-state index contributed by atoms with van der Waals surface area (Å²) in [7, 11) is 0. The summed E-state index contributed by atoms with van der Waals surface area (Å²) < 4.78 is 0. The van der Waals surface area contributed by atoms with Crippen molar-refractivity contribution in [1.82, 2.24) is 0 Å². The summed E-state index contributed by atoms with van der Waals surface area (Å²) in [5.41, 5.74) is -2.15. The van der Waals surface area contributed by atoms with Crippen molar-refractivity contribution in [2.24, 2.45) is 69.0 Å². The molecule has 0 amide bonds. The third-order valence-corrected chi connectivity index (χ3v) is 20.5. The smallest absolute Gasteiger partial charge is 0.159 e. The molecular weight excluding hydrogens is 749 g/mol. The van der Waals surface area contributed by atoms with E-state index in [0.717, 1.165) is 150 Å². The van der Waals surface area contributed by atoms with E-state index in [0.29, 0.717) is 23.1 Å². The number of rotatable bonds is 15. The fraction of sp³-hybridized carbons (Fsp3) is 0.930. The minimum atomic E-state index is -0.539. The molecule has 0 N–H and O–H groups in total. The molecule has 0 heterocycles. The average Bonchev–Trinajstić information content (AvgIpc) is 3.32. The van der Waals surface area contributed by atoms with Crippen LogP contribution in [-0.4, -0.2) is 23.1 Å². The van der Waals surface area contributed by atoms with Crippen LogP contribution < -0.4 is 0 Å². The van der Waals surface area contributed by atoms with Crippen LogP contribution in [0, 0.1) is 69.0 Å². The van der Waals surface area contributed by atoms with Crippen molar-refractivity contribution in [2.75, 3.05) is 0 Å². The summed E-state index contributed by atoms with van der Waals surface area (Å²) in [6.45, 7) is 9.14. The SMILES string of the molecule is CCCCCC1CCC([C@H]2CCC3(CC2)C(=O)C2(CC[C@H](CCCCC)CC2)C3=O)CC1.CCCCCC1CCC2(CC1)C(=O)C1(CCC(C3CCC(CC)CC3)CC1)C2=O. The molecule has 4 nitrogen and oxygen atoms in total. The summed E-state index contributed by atoms with van der Waals surface area (Å²) in [4.78, 5) is 53.9. The maximum atomic E-state index is 13.5. The summed E-state index contributed by atoms with van der Waals surface area (Å²) in [5, 5.41) is 0. The topological polar surface area (TPSA) is 68.3 Å². The van der Waals surface area contributed by atoms with Crippen molar-refractivity contribution >= 4 is 23.1 Å². The highest BCUT2D eigenvalue weighted by atomic mass is 16.2. The maximum absolute atomic E-state index is 13.5. The van der Waals surface area contributed by atoms with Crippen LogP contribution in [0.25, 0.3) is 0 Å². The van der Waals surface area contributed by atoms with Gasteiger partial charge in [-0.3, -0.25) is 19.2 Å². The van der Waals surface area contributed by atoms with Gasteiger partial charge in [-0.25, -0.2) is 0 Å². The van der Waals surface area contributed by atoms with Gasteiger partial charge in [0.15, 0.2) is 23.1 Å². The van der Waals surface area contributed by atoms with Crippen molar-refractivity contribution < 1.29 is 19.2 Å². The molecule has 0 aromatic carbocycles. The lowest BCUT2D eigenvalue weighted by molar-refractivity contribution is -0.180. The van der Waals surface area contributed by atoms with Crippen LogP contribution in [0.3, 0.4) is 0 Å². The summed E-state index contributed by atoms with van der Waals surface area (Å²) in [5.74, 6) is 8.29. The molecule has 0 saturated heterocycles. The Kier molecular flexibility index (Phi) is 16.7. The average molecular weight is 843 g/mol. The maximum Gasteiger partial charge on any atom is 0.159 e. The number of ketones is 4. The van der Waals surface area contributed by atoms with E-state index in [-0.39, 0.29) is 0 Å². The van der Waals surface area contributed by atoms with Gasteiger partial charge in [0.25, 0.3) is 0 Å². The Morgan fingerprint density at radius 1 is 0.311 bits per heavy atom. The fourth-order valence-corrected chi connectivity index (χ4v) is 16.1. The van der Waals surface area contributed by atoms with Gasteiger partial charge in [0.1, 0.15) is 0 Å². The molecule has 8 aliphatic rings. The Bertz CT molecular complexity index is 1380. The van der Waals surface area contributed by atoms with Gasteiger partial charge < -0.3 is 0 Å². The predicted octanol–water partition coefficient (Wildman–Crippen LogP) is 15.7. The Labute approximate surface area is 375 Å². The van der Waals surface area contributed by atoms with Gasteiger partial charge in [-0.15, -0.1) is 0 Å². The molecule has 61 heavy (non-hydrogen) atoms. The molecule has 8 saturated carbocycles. The largest absolute Gasteiger partial charge is 0.297 e. The minimum Gasteiger partial charge on any atom is -0.297 e. The van der Waals surface area contributed by atoms with Crippen molar-refractivity contribution in [3.63, 3.8) is 0 Å². The minimum absolute atomic E-state index is 0.384. The molecule has 0 bridgehead atoms. The van der Waals surface area contributed by atoms with E-state index in [1.165, 1.54) is 135 Å². The molecule has 0 atom stereocenters. The zero-order chi connectivity index (χ0) is 43.1. The normalized spacial score (nSPS) is 41.4. The Morgan fingerprint density at radius 3 is 0.836 bits per heavy atom. The molecule has 0 radical (unpaired) electrons. The number of carbonyl (C=O) groups excluding carboxylic acids is 4. The van der Waals surface area contributed by atoms with Crippen LogP contribution in [0.2, 0.25) is 0 Å². The third-order valence-electron chi connectivity index (χ3n) is 20.5. The first kappa shape index (κ1) is 47.6. The van der Waals surface area contributed by atoms with Gasteiger partial charge in [-0.05, 0) is 176 Å². The first-order chi connectivity index (χ1) is 29.6. The van der Waals surface area contributed by atoms with Gasteiger partial charge >= 0.3 is 0 Å². The molecule has 8 fully saturated rings. The molecule has 0 aliphatic heterocycles. The monoisotopic (exact) mass is 843 g/mol. The molecule has 8 rings (SSSR count). The van der Waals surface area contributed by atoms with E-state index in [9.17, 15) is 19.2 Å². The fourth-order valence-electron chi connectivity index (χ4n) is 16.1. The Balaban J connectivity index is 0.000000185. The Morgan fingerprint density at radius 2 is 0.557 bits per heavy atom. The van der Waals surface area contributed by atoms with Crippen LogP contribution in [0.1, 0.15) is 265 Å². The molecular formula is C57H94O4. The standard InChI is InChI=1S/C30H50O2.C27H44O2/c1-3-5-7-9-23-11-13-25(14-12-23)26-17-21-30(22-18-26)27(31)29(28(30)32)19-15-24(16-20-29)10-8-6-4-2;1-3-5-6-7-21-12-16-26(17-13-21)24(28)27(25(26)29)18-14-23(15-19-27)22-10-8-20(4-2)9-11-22/h23-26H,3-22H2,1-2H3;20-23H,3-19H2,1-2H3/t23?,24-,25?,26-,29?,30?;. The van der Waals surface area contributed by atoms with E-state index in [4.69, 9.17) is 0 Å². The number of Topliss-reactive ketones (excluding diaryl/α,β-unsaturated/α-hetero) is 4. The van der Waals surface area contributed by atoms with Gasteiger partial charge in [-0.1, -0.05) is 137 Å². The molecule has 4 spiro atoms. The lowest BCUT2D eigenvalue weighted by atomic mass is 9.42. The third kappa shape index (κ3) is 9.66. The summed E-state index contributed by atoms with van der Waals surface area (Å²) in [6.07, 6.45) is 44.6. The highest BCUT2D eigenvalue weighted by Crippen LogP contribution is 2.64.